The number of rotatable bonds is 3. The van der Waals surface area contributed by atoms with Gasteiger partial charge in [0.05, 0.1) is 11.6 Å². The molecule has 0 unspecified atom stereocenters. The van der Waals surface area contributed by atoms with Gasteiger partial charge < -0.3 is 10.4 Å². The number of anilines is 2. The van der Waals surface area contributed by atoms with Crippen LogP contribution in [0.5, 0.6) is 0 Å². The van der Waals surface area contributed by atoms with Gasteiger partial charge in [-0.2, -0.15) is 5.26 Å². The van der Waals surface area contributed by atoms with Crippen LogP contribution in [0.4, 0.5) is 16.3 Å². The lowest BCUT2D eigenvalue weighted by atomic mass is 10.2. The molecule has 7 heteroatoms. The van der Waals surface area contributed by atoms with Crippen LogP contribution in [-0.4, -0.2) is 22.1 Å². The van der Waals surface area contributed by atoms with Gasteiger partial charge >= 0.3 is 12.0 Å². The molecule has 1 aromatic heterocycles. The highest BCUT2D eigenvalue weighted by Gasteiger charge is 2.13. The zero-order chi connectivity index (χ0) is 15.2. The summed E-state index contributed by atoms with van der Waals surface area (Å²) in [5, 5.41) is 22.5. The zero-order valence-electron chi connectivity index (χ0n) is 10.7. The van der Waals surface area contributed by atoms with Crippen LogP contribution in [0.3, 0.4) is 0 Å². The van der Waals surface area contributed by atoms with E-state index in [4.69, 9.17) is 10.4 Å². The van der Waals surface area contributed by atoms with Crippen molar-refractivity contribution in [2.45, 2.75) is 0 Å². The molecule has 0 aliphatic heterocycles. The number of carbonyl (C=O) groups excluding carboxylic acids is 1. The average molecular weight is 282 g/mol. The summed E-state index contributed by atoms with van der Waals surface area (Å²) in [5.74, 6) is -1.23. The van der Waals surface area contributed by atoms with Crippen molar-refractivity contribution in [1.82, 2.24) is 4.98 Å². The van der Waals surface area contributed by atoms with Crippen molar-refractivity contribution < 1.29 is 14.7 Å². The molecular formula is C14H10N4O3. The predicted octanol–water partition coefficient (Wildman–Crippen LogP) is 2.30. The summed E-state index contributed by atoms with van der Waals surface area (Å²) in [4.78, 5) is 26.6. The third-order valence-corrected chi connectivity index (χ3v) is 2.54. The molecule has 2 rings (SSSR count). The molecule has 0 fully saturated rings. The van der Waals surface area contributed by atoms with E-state index in [1.807, 2.05) is 6.07 Å². The van der Waals surface area contributed by atoms with Gasteiger partial charge in [0.2, 0.25) is 0 Å². The Bertz CT molecular complexity index is 720. The van der Waals surface area contributed by atoms with Crippen LogP contribution >= 0.6 is 0 Å². The van der Waals surface area contributed by atoms with Gasteiger partial charge in [0.15, 0.2) is 0 Å². The average Bonchev–Trinajstić information content (AvgIpc) is 2.48. The number of pyridine rings is 1. The van der Waals surface area contributed by atoms with Crippen molar-refractivity contribution >= 4 is 23.5 Å². The molecule has 0 aliphatic rings. The molecule has 1 aromatic carbocycles. The molecule has 21 heavy (non-hydrogen) atoms. The van der Waals surface area contributed by atoms with E-state index in [9.17, 15) is 9.59 Å². The van der Waals surface area contributed by atoms with Crippen LogP contribution in [0, 0.1) is 11.3 Å². The van der Waals surface area contributed by atoms with Crippen LogP contribution in [-0.2, 0) is 0 Å². The lowest BCUT2D eigenvalue weighted by Gasteiger charge is -2.08. The van der Waals surface area contributed by atoms with E-state index in [0.29, 0.717) is 11.3 Å². The summed E-state index contributed by atoms with van der Waals surface area (Å²) in [5.41, 5.74) is 0.839. The van der Waals surface area contributed by atoms with Crippen LogP contribution in [0.2, 0.25) is 0 Å². The quantitative estimate of drug-likeness (QED) is 0.798. The molecule has 0 spiro atoms. The molecule has 3 N–H and O–H groups in total. The van der Waals surface area contributed by atoms with Gasteiger partial charge in [-0.05, 0) is 36.4 Å². The Morgan fingerprint density at radius 2 is 1.86 bits per heavy atom. The molecule has 104 valence electrons. The van der Waals surface area contributed by atoms with Gasteiger partial charge in [-0.3, -0.25) is 5.32 Å². The van der Waals surface area contributed by atoms with Crippen LogP contribution in [0.15, 0.2) is 42.6 Å². The summed E-state index contributed by atoms with van der Waals surface area (Å²) in [6.45, 7) is 0. The number of nitrogens with one attached hydrogen (secondary N) is 2. The highest BCUT2D eigenvalue weighted by molar-refractivity contribution is 6.03. The van der Waals surface area contributed by atoms with Crippen molar-refractivity contribution in [2.75, 3.05) is 10.6 Å². The van der Waals surface area contributed by atoms with E-state index in [2.05, 4.69) is 15.6 Å². The molecule has 2 amide bonds. The van der Waals surface area contributed by atoms with Gasteiger partial charge in [0, 0.05) is 11.9 Å². The van der Waals surface area contributed by atoms with Crippen molar-refractivity contribution in [3.05, 3.63) is 53.7 Å². The molecule has 0 aliphatic carbocycles. The fraction of sp³-hybridized carbons (Fsp3) is 0. The fourth-order valence-electron chi connectivity index (χ4n) is 1.58. The number of urea groups is 1. The van der Waals surface area contributed by atoms with Gasteiger partial charge in [0.25, 0.3) is 0 Å². The number of carboxylic acid groups (broad SMARTS) is 1. The van der Waals surface area contributed by atoms with Crippen LogP contribution in [0.25, 0.3) is 0 Å². The van der Waals surface area contributed by atoms with Gasteiger partial charge in [0.1, 0.15) is 11.4 Å². The molecule has 0 radical (unpaired) electrons. The van der Waals surface area contributed by atoms with E-state index >= 15 is 0 Å². The van der Waals surface area contributed by atoms with Crippen molar-refractivity contribution in [2.24, 2.45) is 0 Å². The molecule has 0 saturated carbocycles. The number of hydrogen-bond donors (Lipinski definition) is 3. The fourth-order valence-corrected chi connectivity index (χ4v) is 1.58. The number of carbonyl (C=O) groups is 2. The number of aromatic nitrogens is 1. The maximum absolute atomic E-state index is 11.8. The molecule has 0 saturated heterocycles. The summed E-state index contributed by atoms with van der Waals surface area (Å²) < 4.78 is 0. The number of nitrogens with zero attached hydrogens (tertiary/aromatic N) is 2. The van der Waals surface area contributed by atoms with Gasteiger partial charge in [-0.15, -0.1) is 0 Å². The summed E-state index contributed by atoms with van der Waals surface area (Å²) in [6.07, 6.45) is 1.38. The van der Waals surface area contributed by atoms with E-state index in [1.54, 1.807) is 24.3 Å². The van der Waals surface area contributed by atoms with Gasteiger partial charge in [-0.1, -0.05) is 0 Å². The lowest BCUT2D eigenvalue weighted by molar-refractivity contribution is 0.0697. The van der Waals surface area contributed by atoms with E-state index in [1.165, 1.54) is 18.3 Å². The molecule has 7 nitrogen and oxygen atoms in total. The third-order valence-electron chi connectivity index (χ3n) is 2.54. The smallest absolute Gasteiger partial charge is 0.339 e. The Morgan fingerprint density at radius 1 is 1.14 bits per heavy atom. The van der Waals surface area contributed by atoms with E-state index in [-0.39, 0.29) is 11.4 Å². The van der Waals surface area contributed by atoms with Crippen molar-refractivity contribution in [3.63, 3.8) is 0 Å². The Labute approximate surface area is 119 Å². The first-order valence-electron chi connectivity index (χ1n) is 5.86. The Hall–Kier alpha value is -3.40. The number of hydrogen-bond acceptors (Lipinski definition) is 4. The number of benzene rings is 1. The maximum Gasteiger partial charge on any atom is 0.339 e. The van der Waals surface area contributed by atoms with Crippen molar-refractivity contribution in [1.29, 1.82) is 5.26 Å². The molecule has 0 bridgehead atoms. The Balaban J connectivity index is 2.08. The highest BCUT2D eigenvalue weighted by atomic mass is 16.4. The van der Waals surface area contributed by atoms with Crippen LogP contribution < -0.4 is 10.6 Å². The maximum atomic E-state index is 11.8. The number of carboxylic acids is 1. The summed E-state index contributed by atoms with van der Waals surface area (Å²) >= 11 is 0. The monoisotopic (exact) mass is 282 g/mol. The minimum atomic E-state index is -1.18. The number of nitriles is 1. The third kappa shape index (κ3) is 3.54. The number of amides is 2. The first-order chi connectivity index (χ1) is 10.1. The molecule has 2 aromatic rings. The Morgan fingerprint density at radius 3 is 2.48 bits per heavy atom. The summed E-state index contributed by atoms with van der Waals surface area (Å²) in [7, 11) is 0. The number of aromatic carboxylic acids is 1. The largest absolute Gasteiger partial charge is 0.478 e. The molecule has 0 atom stereocenters. The second kappa shape index (κ2) is 6.16. The van der Waals surface area contributed by atoms with Crippen molar-refractivity contribution in [3.8, 4) is 6.07 Å². The molecule has 1 heterocycles. The second-order valence-electron chi connectivity index (χ2n) is 3.97. The first-order valence-corrected chi connectivity index (χ1v) is 5.86. The highest BCUT2D eigenvalue weighted by Crippen LogP contribution is 2.13. The predicted molar refractivity (Wildman–Crippen MR) is 75.0 cm³/mol. The van der Waals surface area contributed by atoms with Gasteiger partial charge in [-0.25, -0.2) is 14.6 Å². The topological polar surface area (TPSA) is 115 Å². The molecular weight excluding hydrogens is 272 g/mol. The minimum absolute atomic E-state index is 0.0452. The van der Waals surface area contributed by atoms with E-state index in [0.717, 1.165) is 0 Å². The first kappa shape index (κ1) is 14.0. The second-order valence-corrected chi connectivity index (χ2v) is 3.97. The zero-order valence-corrected chi connectivity index (χ0v) is 10.7. The minimum Gasteiger partial charge on any atom is -0.478 e. The van der Waals surface area contributed by atoms with Crippen LogP contribution in [0.1, 0.15) is 15.9 Å². The Kier molecular flexibility index (Phi) is 4.11. The summed E-state index contributed by atoms with van der Waals surface area (Å²) in [6, 6.07) is 10.4. The lowest BCUT2D eigenvalue weighted by Crippen LogP contribution is -2.21. The standard InChI is InChI=1S/C14H10N4O3/c15-8-9-3-5-10(6-4-9)17-14(21)18-12-11(13(19)20)2-1-7-16-12/h1-7H,(H,19,20)(H2,16,17,18,21). The normalized spacial score (nSPS) is 9.48. The van der Waals surface area contributed by atoms with E-state index < -0.39 is 12.0 Å². The SMILES string of the molecule is N#Cc1ccc(NC(=O)Nc2ncccc2C(=O)O)cc1.